The molecule has 0 unspecified atom stereocenters. The van der Waals surface area contributed by atoms with Crippen LogP contribution in [-0.2, 0) is 74.8 Å². The van der Waals surface area contributed by atoms with E-state index < -0.39 is 0 Å². The molecule has 0 radical (unpaired) electrons. The number of nitrogens with zero attached hydrogens (tertiary/aromatic N) is 5. The average Bonchev–Trinajstić information content (AvgIpc) is 0.848. The summed E-state index contributed by atoms with van der Waals surface area (Å²) in [4.78, 5) is 22.2. The van der Waals surface area contributed by atoms with Gasteiger partial charge in [0.25, 0.3) is 0 Å². The Bertz CT molecular complexity index is 4700. The van der Waals surface area contributed by atoms with E-state index in [1.807, 2.05) is 202 Å². The number of para-hydroxylation sites is 12. The molecule has 0 heterocycles. The Hall–Kier alpha value is -4.04. The van der Waals surface area contributed by atoms with Crippen molar-refractivity contribution in [2.24, 2.45) is 25.0 Å². The maximum atomic E-state index is 9.78. The number of aliphatic imine (C=N–C) groups is 5. The van der Waals surface area contributed by atoms with Crippen LogP contribution in [0, 0.1) is 34.6 Å². The molecule has 0 aromatic heterocycles. The zero-order chi connectivity index (χ0) is 80.7. The van der Waals surface area contributed by atoms with Crippen molar-refractivity contribution in [3.05, 3.63) is 341 Å². The van der Waals surface area contributed by atoms with Crippen LogP contribution in [0.1, 0.15) is 55.6 Å². The predicted octanol–water partition coefficient (Wildman–Crippen LogP) is 29.2. The van der Waals surface area contributed by atoms with Gasteiger partial charge in [-0.3, -0.25) is 25.0 Å². The quantitative estimate of drug-likeness (QED) is 0.0530. The van der Waals surface area contributed by atoms with Crippen LogP contribution in [0.2, 0.25) is 0 Å². The van der Waals surface area contributed by atoms with Crippen molar-refractivity contribution in [2.45, 2.75) is 34.6 Å². The third-order valence-corrected chi connectivity index (χ3v) is 14.4. The van der Waals surface area contributed by atoms with E-state index in [-0.39, 0.29) is 104 Å². The summed E-state index contributed by atoms with van der Waals surface area (Å²) in [5, 5.41) is 48.5. The van der Waals surface area contributed by atoms with Gasteiger partial charge < -0.3 is 35.0 Å². The summed E-state index contributed by atoms with van der Waals surface area (Å²) >= 11 is 32.5. The molecular formula is C83H75Br10N5O7Ti5. The van der Waals surface area contributed by atoms with Crippen LogP contribution >= 0.6 is 132 Å². The Kier molecular flexibility index (Phi) is 56.7. The molecule has 0 aliphatic carbocycles. The molecule has 0 spiro atoms. The average molecular weight is 2290 g/mol. The van der Waals surface area contributed by atoms with Crippen LogP contribution in [0.5, 0.6) is 46.0 Å². The fourth-order valence-corrected chi connectivity index (χ4v) is 9.50. The van der Waals surface area contributed by atoms with Crippen LogP contribution < -0.4 is 9.47 Å². The van der Waals surface area contributed by atoms with Crippen LogP contribution in [0.4, 0.5) is 28.4 Å². The van der Waals surface area contributed by atoms with E-state index in [9.17, 15) is 25.5 Å². The van der Waals surface area contributed by atoms with E-state index in [1.165, 1.54) is 5.56 Å². The van der Waals surface area contributed by atoms with E-state index in [4.69, 9.17) is 9.47 Å². The molecule has 5 N–H and O–H groups in total. The summed E-state index contributed by atoms with van der Waals surface area (Å²) in [6, 6.07) is 88.7. The maximum absolute atomic E-state index is 9.78. The van der Waals surface area contributed by atoms with Crippen molar-refractivity contribution >= 4 is 191 Å². The van der Waals surface area contributed by atoms with E-state index in [0.29, 0.717) is 33.9 Å². The number of methoxy groups -OCH3 is 1. The number of halogens is 10. The van der Waals surface area contributed by atoms with Gasteiger partial charge in [-0.2, -0.15) is 0 Å². The summed E-state index contributed by atoms with van der Waals surface area (Å²) in [6.45, 7) is 10.3. The second-order valence-corrected chi connectivity index (χ2v) is 61.3. The summed E-state index contributed by atoms with van der Waals surface area (Å²) in [5.74, 6) is 3.29. The van der Waals surface area contributed by atoms with Crippen LogP contribution in [0.15, 0.2) is 310 Å². The number of aryl methyl sites for hydroxylation is 5. The van der Waals surface area contributed by atoms with E-state index in [1.54, 1.807) is 111 Å². The molecule has 0 fully saturated rings. The van der Waals surface area contributed by atoms with Gasteiger partial charge in [-0.25, -0.2) is 0 Å². The van der Waals surface area contributed by atoms with Gasteiger partial charge in [-0.15, -0.1) is 0 Å². The van der Waals surface area contributed by atoms with Crippen molar-refractivity contribution in [1.29, 1.82) is 0 Å². The molecule has 0 aliphatic rings. The van der Waals surface area contributed by atoms with Gasteiger partial charge in [0.15, 0.2) is 5.75 Å². The Morgan fingerprint density at radius 2 is 0.555 bits per heavy atom. The first kappa shape index (κ1) is 100. The van der Waals surface area contributed by atoms with Gasteiger partial charge in [0.2, 0.25) is 0 Å². The number of benzene rings is 12. The summed E-state index contributed by atoms with van der Waals surface area (Å²) in [6.07, 6.45) is 8.34. The van der Waals surface area contributed by atoms with Crippen molar-refractivity contribution in [3.63, 3.8) is 0 Å². The molecule has 0 bridgehead atoms. The van der Waals surface area contributed by atoms with Crippen LogP contribution in [0.3, 0.4) is 0 Å². The molecule has 0 amide bonds. The minimum atomic E-state index is 0.125. The molecule has 12 rings (SSSR count). The number of rotatable bonds is 14. The third-order valence-electron chi connectivity index (χ3n) is 14.4. The van der Waals surface area contributed by atoms with Gasteiger partial charge in [0, 0.05) is 64.5 Å². The summed E-state index contributed by atoms with van der Waals surface area (Å²) < 4.78 is 11.0. The molecule has 0 saturated heterocycles. The number of hydrogen-bond acceptors (Lipinski definition) is 12. The zero-order valence-electron chi connectivity index (χ0n) is 60.1. The van der Waals surface area contributed by atoms with Crippen molar-refractivity contribution in [2.75, 3.05) is 7.11 Å². The first-order valence-electron chi connectivity index (χ1n) is 32.5. The van der Waals surface area contributed by atoms with Crippen molar-refractivity contribution in [1.82, 2.24) is 0 Å². The van der Waals surface area contributed by atoms with Crippen molar-refractivity contribution < 1.29 is 110 Å². The number of hydrogen-bond donors (Lipinski definition) is 5. The predicted molar refractivity (Wildman–Crippen MR) is 480 cm³/mol. The number of phenols is 5. The third kappa shape index (κ3) is 40.5. The van der Waals surface area contributed by atoms with Crippen molar-refractivity contribution in [3.8, 4) is 57.1 Å². The van der Waals surface area contributed by atoms with Gasteiger partial charge in [0.1, 0.15) is 51.6 Å². The molecule has 0 saturated carbocycles. The molecule has 12 aromatic rings. The molecule has 0 atom stereocenters. The fourth-order valence-electron chi connectivity index (χ4n) is 9.50. The number of aromatic hydroxyl groups is 5. The van der Waals surface area contributed by atoms with Gasteiger partial charge >= 0.3 is 206 Å². The minimum absolute atomic E-state index is 0.125. The first-order chi connectivity index (χ1) is 53.3. The van der Waals surface area contributed by atoms with Crippen LogP contribution in [0.25, 0.3) is 11.1 Å². The molecule has 27 heteroatoms. The molecule has 0 aliphatic heterocycles. The first-order valence-corrected chi connectivity index (χ1v) is 71.1. The number of ether oxygens (including phenoxy) is 2. The second-order valence-electron chi connectivity index (χ2n) is 21.9. The SMILES string of the molecule is COc1ccccc1N=Cc1ccccc1O.Cc1cc(C)c(N=Cc2ccccc2O)c(C)c1.Cc1cccc(C)c1N=Cc1ccccc1O.Oc1ccccc1C=Nc1ccccc1-c1ccccc1.Oc1ccccc1C=Nc1ccccc1Oc1ccccc1.[Br][Ti][Br].[Br][Ti][Br].[Br][Ti][Br].[Br][Ti][Br].[Br][Ti][Br]. The molecule has 564 valence electrons. The fraction of sp³-hybridized carbons (Fsp3) is 0.0723. The summed E-state index contributed by atoms with van der Waals surface area (Å²) in [7, 11) is 1.61. The van der Waals surface area contributed by atoms with Gasteiger partial charge in [-0.1, -0.05) is 188 Å². The van der Waals surface area contributed by atoms with Gasteiger partial charge in [0.05, 0.1) is 24.2 Å². The Balaban J connectivity index is 0.000000341. The molecular weight excluding hydrogens is 2220 g/mol. The molecule has 12 aromatic carbocycles. The van der Waals surface area contributed by atoms with E-state index in [2.05, 4.69) is 202 Å². The second kappa shape index (κ2) is 62.3. The molecule has 12 nitrogen and oxygen atoms in total. The normalized spacial score (nSPS) is 10.0. The summed E-state index contributed by atoms with van der Waals surface area (Å²) in [5.41, 5.74) is 15.8. The van der Waals surface area contributed by atoms with Crippen LogP contribution in [-0.4, -0.2) is 63.7 Å². The number of phenolic OH excluding ortho intramolecular Hbond substituents is 5. The monoisotopic (exact) mass is 2280 g/mol. The van der Waals surface area contributed by atoms with Gasteiger partial charge in [-0.05, 0) is 166 Å². The topological polar surface area (TPSA) is 181 Å². The Morgan fingerprint density at radius 1 is 0.282 bits per heavy atom. The zero-order valence-corrected chi connectivity index (χ0v) is 83.8. The Morgan fingerprint density at radius 3 is 0.918 bits per heavy atom. The van der Waals surface area contributed by atoms with E-state index in [0.717, 1.165) is 73.0 Å². The Labute approximate surface area is 754 Å². The molecule has 110 heavy (non-hydrogen) atoms. The van der Waals surface area contributed by atoms with E-state index >= 15 is 0 Å². The standard InChI is InChI=1S/C19H15NO2.C19H15NO.C16H17NO.C15H15NO.C14H13NO2.10BrH.5Ti/c21-18-12-6-4-8-15(18)14-20-17-11-5-7-13-19(17)22-16-9-2-1-3-10-16;21-19-13-7-4-10-16(19)14-20-18-12-6-5-11-17(18)15-8-2-1-3-9-15;1-11-8-12(2)16(13(3)9-11)17-10-14-6-4-5-7-15(14)18;1-11-6-5-7-12(2)15(11)16-10-13-8-3-4-9-14(13)17;1-17-14-9-5-3-7-12(14)15-10-11-6-2-4-8-13(11)16;;;;;;;;;;;;;;;/h1-14,21H;1-14,21H;4-10,18H,1-3H3;3-10,17H,1-2H3;2-10,16H,1H3;10*1H;;;;;/q;;;;;;;;;;;;;;;5*+2/p-10.